The molecule has 260 valence electrons. The van der Waals surface area contributed by atoms with Crippen molar-refractivity contribution in [3.8, 4) is 0 Å². The number of nitrogens with zero attached hydrogens (tertiary/aromatic N) is 10. The number of nitrogens with two attached hydrogens (primary N) is 1. The summed E-state index contributed by atoms with van der Waals surface area (Å²) in [6.07, 6.45) is 5.38. The van der Waals surface area contributed by atoms with Crippen molar-refractivity contribution in [1.29, 1.82) is 0 Å². The highest BCUT2D eigenvalue weighted by atomic mass is 32.5. The van der Waals surface area contributed by atoms with Gasteiger partial charge in [-0.2, -0.15) is 4.98 Å². The lowest BCUT2D eigenvalue weighted by molar-refractivity contribution is -0.384. The summed E-state index contributed by atoms with van der Waals surface area (Å²) < 4.78 is 38.8. The fourth-order valence-corrected chi connectivity index (χ4v) is 7.90. The van der Waals surface area contributed by atoms with E-state index in [1.807, 2.05) is 4.57 Å². The number of ether oxygens (including phenoxy) is 1. The number of imidazole rings is 3. The molecule has 2 fully saturated rings. The van der Waals surface area contributed by atoms with Gasteiger partial charge >= 0.3 is 6.72 Å². The van der Waals surface area contributed by atoms with Crippen LogP contribution in [0.25, 0.3) is 28.1 Å². The number of non-ortho nitro benzene ring substituents is 1. The first-order valence-corrected chi connectivity index (χ1v) is 18.2. The third-order valence-electron chi connectivity index (χ3n) is 9.11. The van der Waals surface area contributed by atoms with Crippen molar-refractivity contribution in [3.05, 3.63) is 81.7 Å². The molecule has 50 heavy (non-hydrogen) atoms. The average Bonchev–Trinajstić information content (AvgIpc) is 3.86. The zero-order chi connectivity index (χ0) is 34.7. The van der Waals surface area contributed by atoms with Gasteiger partial charge in [0.05, 0.1) is 30.8 Å². The maximum atomic E-state index is 15.2. The lowest BCUT2D eigenvalue weighted by atomic mass is 9.81. The standard InChI is InChI=1S/C29H29FN11O7PS/c30-20-12-46-28(23(20)48-49(45,50)47-11-17-9-19(10-17)39-14-34-21-24(31)32-13-33-25(21)39)40-15-35-22-26(40)36-29-37(7-8-38(29)27(22)42)6-5-16-1-3-18(4-2-16)41(43)44/h1-4,7-8,13-15,17,19-20,23,28H,5-6,9-12H2,(H,45,50)(H2,31,32,33)/t17-,19+,20-,23-,28-,49?/m1/s1. The summed E-state index contributed by atoms with van der Waals surface area (Å²) in [6, 6.07) is 6.32. The Morgan fingerprint density at radius 1 is 1.10 bits per heavy atom. The van der Waals surface area contributed by atoms with E-state index >= 15 is 4.39 Å². The van der Waals surface area contributed by atoms with Gasteiger partial charge in [-0.1, -0.05) is 12.1 Å². The van der Waals surface area contributed by atoms with Crippen LogP contribution in [-0.4, -0.2) is 78.3 Å². The molecule has 5 aromatic heterocycles. The normalized spacial score (nSPS) is 23.4. The van der Waals surface area contributed by atoms with Crippen LogP contribution < -0.4 is 11.3 Å². The highest BCUT2D eigenvalue weighted by molar-refractivity contribution is 8.07. The summed E-state index contributed by atoms with van der Waals surface area (Å²) in [4.78, 5) is 56.4. The van der Waals surface area contributed by atoms with E-state index in [1.54, 1.807) is 35.4 Å². The molecule has 1 aromatic carbocycles. The highest BCUT2D eigenvalue weighted by Gasteiger charge is 2.44. The minimum Gasteiger partial charge on any atom is -0.382 e. The molecule has 6 aromatic rings. The number of rotatable bonds is 11. The van der Waals surface area contributed by atoms with Crippen molar-refractivity contribution in [2.24, 2.45) is 5.92 Å². The predicted octanol–water partition coefficient (Wildman–Crippen LogP) is 2.86. The molecule has 4 atom stereocenters. The molecule has 0 bridgehead atoms. The Labute approximate surface area is 285 Å². The molecule has 0 radical (unpaired) electrons. The van der Waals surface area contributed by atoms with Gasteiger partial charge in [0.2, 0.25) is 5.78 Å². The van der Waals surface area contributed by atoms with E-state index in [2.05, 4.69) is 24.9 Å². The molecule has 6 heterocycles. The average molecular weight is 726 g/mol. The Bertz CT molecular complexity index is 2360. The summed E-state index contributed by atoms with van der Waals surface area (Å²) in [5.41, 5.74) is 7.63. The molecular formula is C29H29FN11O7PS. The Kier molecular flexibility index (Phi) is 8.16. The third kappa shape index (κ3) is 5.82. The molecular weight excluding hydrogens is 696 g/mol. The fraction of sp³-hybridized carbons (Fsp3) is 0.379. The van der Waals surface area contributed by atoms with Gasteiger partial charge in [0, 0.05) is 37.1 Å². The number of benzene rings is 1. The molecule has 21 heteroatoms. The summed E-state index contributed by atoms with van der Waals surface area (Å²) in [5, 5.41) is 11.0. The van der Waals surface area contributed by atoms with Gasteiger partial charge in [0.25, 0.3) is 11.2 Å². The topological polar surface area (TPSA) is 218 Å². The van der Waals surface area contributed by atoms with Crippen molar-refractivity contribution < 1.29 is 28.0 Å². The SMILES string of the molecule is Nc1ncnc2c1ncn2[C@H]1C[C@@H](COP(O)(=S)O[C@@H]2[C@H](F)CO[C@H]2n2cnc3c(=O)n4ccn(CCc5ccc([N+](=O)[O-])cc5)c4nc32)C1. The van der Waals surface area contributed by atoms with E-state index in [9.17, 15) is 19.8 Å². The van der Waals surface area contributed by atoms with Gasteiger partial charge in [-0.05, 0) is 42.6 Å². The van der Waals surface area contributed by atoms with Crippen LogP contribution in [0.1, 0.15) is 30.7 Å². The fourth-order valence-electron chi connectivity index (χ4n) is 6.42. The Balaban J connectivity index is 0.956. The van der Waals surface area contributed by atoms with Crippen molar-refractivity contribution in [2.45, 2.75) is 50.4 Å². The summed E-state index contributed by atoms with van der Waals surface area (Å²) in [7, 11) is 0. The number of hydrogen-bond acceptors (Lipinski definition) is 13. The molecule has 0 spiro atoms. The zero-order valence-corrected chi connectivity index (χ0v) is 27.7. The van der Waals surface area contributed by atoms with E-state index in [0.717, 1.165) is 5.56 Å². The van der Waals surface area contributed by atoms with Gasteiger partial charge < -0.3 is 29.0 Å². The van der Waals surface area contributed by atoms with Gasteiger partial charge in [-0.15, -0.1) is 0 Å². The lowest BCUT2D eigenvalue weighted by Crippen LogP contribution is -2.31. The first kappa shape index (κ1) is 32.5. The number of alkyl halides is 1. The summed E-state index contributed by atoms with van der Waals surface area (Å²) in [6.45, 7) is -3.78. The van der Waals surface area contributed by atoms with Crippen molar-refractivity contribution in [1.82, 2.24) is 43.0 Å². The Morgan fingerprint density at radius 3 is 2.64 bits per heavy atom. The molecule has 1 unspecified atom stereocenters. The second kappa shape index (κ2) is 12.6. The van der Waals surface area contributed by atoms with E-state index < -0.39 is 35.7 Å². The number of aryl methyl sites for hydroxylation is 2. The van der Waals surface area contributed by atoms with Crippen LogP contribution >= 0.6 is 6.72 Å². The van der Waals surface area contributed by atoms with E-state index in [-0.39, 0.29) is 42.0 Å². The predicted molar refractivity (Wildman–Crippen MR) is 178 cm³/mol. The molecule has 3 N–H and O–H groups in total. The summed E-state index contributed by atoms with van der Waals surface area (Å²) in [5.74, 6) is 0.658. The monoisotopic (exact) mass is 725 g/mol. The minimum atomic E-state index is -3.94. The molecule has 1 saturated carbocycles. The highest BCUT2D eigenvalue weighted by Crippen LogP contribution is 2.51. The molecule has 1 aliphatic heterocycles. The van der Waals surface area contributed by atoms with Gasteiger partial charge in [-0.3, -0.25) is 24.0 Å². The molecule has 0 amide bonds. The number of nitro groups is 1. The first-order chi connectivity index (χ1) is 24.1. The van der Waals surface area contributed by atoms with E-state index in [1.165, 1.54) is 33.8 Å². The van der Waals surface area contributed by atoms with Crippen LogP contribution in [0.4, 0.5) is 15.9 Å². The van der Waals surface area contributed by atoms with Gasteiger partial charge in [0.1, 0.15) is 17.9 Å². The smallest absolute Gasteiger partial charge is 0.325 e. The molecule has 1 saturated heterocycles. The van der Waals surface area contributed by atoms with Gasteiger partial charge in [-0.25, -0.2) is 28.7 Å². The number of hydrogen-bond donors (Lipinski definition) is 2. The Hall–Kier alpha value is -4.72. The van der Waals surface area contributed by atoms with Crippen LogP contribution in [0.15, 0.2) is 60.4 Å². The van der Waals surface area contributed by atoms with E-state index in [4.69, 9.17) is 31.3 Å². The molecule has 18 nitrogen and oxygen atoms in total. The quantitative estimate of drug-likeness (QED) is 0.112. The first-order valence-electron chi connectivity index (χ1n) is 15.6. The van der Waals surface area contributed by atoms with Crippen LogP contribution in [-0.2, 0) is 38.6 Å². The van der Waals surface area contributed by atoms with Crippen LogP contribution in [0.5, 0.6) is 0 Å². The second-order valence-electron chi connectivity index (χ2n) is 12.2. The number of nitro benzene ring substituents is 1. The largest absolute Gasteiger partial charge is 0.382 e. The number of anilines is 1. The van der Waals surface area contributed by atoms with Crippen LogP contribution in [0.3, 0.4) is 0 Å². The maximum absolute atomic E-state index is 15.2. The lowest BCUT2D eigenvalue weighted by Gasteiger charge is -2.36. The Morgan fingerprint density at radius 2 is 1.86 bits per heavy atom. The van der Waals surface area contributed by atoms with Crippen molar-refractivity contribution in [3.63, 3.8) is 0 Å². The van der Waals surface area contributed by atoms with Gasteiger partial charge in [0.15, 0.2) is 35.0 Å². The van der Waals surface area contributed by atoms with E-state index in [0.29, 0.717) is 48.6 Å². The number of aromatic nitrogens is 9. The van der Waals surface area contributed by atoms with Crippen molar-refractivity contribution in [2.75, 3.05) is 18.9 Å². The molecule has 8 rings (SSSR count). The maximum Gasteiger partial charge on any atom is 0.325 e. The number of nitrogen functional groups attached to an aromatic ring is 1. The van der Waals surface area contributed by atoms with Crippen LogP contribution in [0.2, 0.25) is 0 Å². The second-order valence-corrected chi connectivity index (χ2v) is 15.0. The zero-order valence-electron chi connectivity index (χ0n) is 26.0. The van der Waals surface area contributed by atoms with Crippen molar-refractivity contribution >= 4 is 58.1 Å². The third-order valence-corrected chi connectivity index (χ3v) is 10.7. The molecule has 2 aliphatic rings. The number of halogens is 1. The number of fused-ring (bicyclic) bond motifs is 3. The van der Waals surface area contributed by atoms with Crippen LogP contribution in [0, 0.1) is 16.0 Å². The molecule has 1 aliphatic carbocycles. The minimum absolute atomic E-state index is 0.00556. The summed E-state index contributed by atoms with van der Waals surface area (Å²) >= 11 is 5.29.